The number of hydrogen-bond acceptors (Lipinski definition) is 4. The Balaban J connectivity index is 1.50. The van der Waals surface area contributed by atoms with Crippen LogP contribution in [-0.4, -0.2) is 48.8 Å². The highest BCUT2D eigenvalue weighted by atomic mass is 32.2. The number of nitrogens with one attached hydrogen (secondary N) is 1. The maximum absolute atomic E-state index is 13.1. The van der Waals surface area contributed by atoms with E-state index < -0.39 is 5.76 Å². The van der Waals surface area contributed by atoms with Gasteiger partial charge in [0.2, 0.25) is 5.91 Å². The van der Waals surface area contributed by atoms with E-state index in [9.17, 15) is 18.0 Å². The number of carbonyl (C=O) groups excluding carboxylic acids is 1. The minimum atomic E-state index is -2.46. The van der Waals surface area contributed by atoms with Crippen molar-refractivity contribution in [2.75, 3.05) is 36.4 Å². The number of hydrogen-bond donors (Lipinski definition) is 1. The molecule has 2 aromatic rings. The van der Waals surface area contributed by atoms with Crippen LogP contribution >= 0.6 is 11.8 Å². The number of nitrogens with zero attached hydrogens (tertiary/aromatic N) is 2. The first-order chi connectivity index (χ1) is 13.4. The molecule has 1 aliphatic heterocycles. The largest absolute Gasteiger partial charge is 0.369 e. The smallest absolute Gasteiger partial charge is 0.288 e. The predicted molar refractivity (Wildman–Crippen MR) is 107 cm³/mol. The Kier molecular flexibility index (Phi) is 6.85. The van der Waals surface area contributed by atoms with Crippen molar-refractivity contribution in [2.45, 2.75) is 23.6 Å². The number of amides is 1. The number of benzene rings is 2. The number of carbonyl (C=O) groups is 1. The summed E-state index contributed by atoms with van der Waals surface area (Å²) < 4.78 is 37.8. The SMILES string of the molecule is C[C@H](C(=O)Nc1ccc(SC(F)F)cc1)N1CCN(c2ccc(F)cc2)CC1. The number of anilines is 2. The summed E-state index contributed by atoms with van der Waals surface area (Å²) >= 11 is 0.474. The molecule has 0 unspecified atom stereocenters. The molecule has 0 aromatic heterocycles. The summed E-state index contributed by atoms with van der Waals surface area (Å²) in [6.45, 7) is 4.79. The lowest BCUT2D eigenvalue weighted by Gasteiger charge is -2.38. The Morgan fingerprint density at radius 3 is 2.18 bits per heavy atom. The van der Waals surface area contributed by atoms with Gasteiger partial charge in [-0.25, -0.2) is 4.39 Å². The third kappa shape index (κ3) is 5.42. The minimum Gasteiger partial charge on any atom is -0.369 e. The molecule has 28 heavy (non-hydrogen) atoms. The number of piperazine rings is 1. The Labute approximate surface area is 166 Å². The first-order valence-electron chi connectivity index (χ1n) is 9.02. The zero-order valence-corrected chi connectivity index (χ0v) is 16.3. The third-order valence-electron chi connectivity index (χ3n) is 4.78. The maximum atomic E-state index is 13.1. The van der Waals surface area contributed by atoms with Crippen LogP contribution in [0.1, 0.15) is 6.92 Å². The third-order valence-corrected chi connectivity index (χ3v) is 5.50. The average molecular weight is 409 g/mol. The highest BCUT2D eigenvalue weighted by Crippen LogP contribution is 2.26. The molecule has 8 heteroatoms. The van der Waals surface area contributed by atoms with Crippen LogP contribution < -0.4 is 10.2 Å². The van der Waals surface area contributed by atoms with Gasteiger partial charge in [0.1, 0.15) is 5.82 Å². The molecule has 1 heterocycles. The monoisotopic (exact) mass is 409 g/mol. The number of thioether (sulfide) groups is 1. The van der Waals surface area contributed by atoms with Crippen LogP contribution in [-0.2, 0) is 4.79 Å². The highest BCUT2D eigenvalue weighted by molar-refractivity contribution is 7.99. The molecule has 1 N–H and O–H groups in total. The summed E-state index contributed by atoms with van der Waals surface area (Å²) in [4.78, 5) is 17.2. The van der Waals surface area contributed by atoms with E-state index in [1.807, 2.05) is 6.92 Å². The Morgan fingerprint density at radius 1 is 1.00 bits per heavy atom. The van der Waals surface area contributed by atoms with E-state index in [1.165, 1.54) is 12.1 Å². The first-order valence-corrected chi connectivity index (χ1v) is 9.90. The Hall–Kier alpha value is -2.19. The number of alkyl halides is 2. The van der Waals surface area contributed by atoms with Crippen molar-refractivity contribution in [3.63, 3.8) is 0 Å². The second-order valence-electron chi connectivity index (χ2n) is 6.57. The molecule has 0 bridgehead atoms. The number of halogens is 3. The fourth-order valence-electron chi connectivity index (χ4n) is 3.15. The van der Waals surface area contributed by atoms with Crippen molar-refractivity contribution < 1.29 is 18.0 Å². The van der Waals surface area contributed by atoms with Crippen molar-refractivity contribution in [3.05, 3.63) is 54.3 Å². The van der Waals surface area contributed by atoms with E-state index in [1.54, 1.807) is 36.4 Å². The lowest BCUT2D eigenvalue weighted by molar-refractivity contribution is -0.120. The Bertz CT molecular complexity index is 778. The van der Waals surface area contributed by atoms with Crippen LogP contribution in [0.3, 0.4) is 0 Å². The molecule has 4 nitrogen and oxygen atoms in total. The quantitative estimate of drug-likeness (QED) is 0.722. The molecule has 1 aliphatic rings. The van der Waals surface area contributed by atoms with Gasteiger partial charge in [0.05, 0.1) is 6.04 Å². The van der Waals surface area contributed by atoms with Gasteiger partial charge in [0.15, 0.2) is 0 Å². The summed E-state index contributed by atoms with van der Waals surface area (Å²) in [6.07, 6.45) is 0. The van der Waals surface area contributed by atoms with Gasteiger partial charge in [-0.1, -0.05) is 11.8 Å². The Morgan fingerprint density at radius 2 is 1.61 bits per heavy atom. The van der Waals surface area contributed by atoms with Gasteiger partial charge in [-0.05, 0) is 55.5 Å². The summed E-state index contributed by atoms with van der Waals surface area (Å²) in [5, 5.41) is 2.84. The van der Waals surface area contributed by atoms with Gasteiger partial charge < -0.3 is 10.2 Å². The van der Waals surface area contributed by atoms with Crippen LogP contribution in [0.4, 0.5) is 24.5 Å². The topological polar surface area (TPSA) is 35.6 Å². The summed E-state index contributed by atoms with van der Waals surface area (Å²) in [5.74, 6) is -2.85. The molecule has 1 fully saturated rings. The van der Waals surface area contributed by atoms with Gasteiger partial charge in [0.25, 0.3) is 5.76 Å². The predicted octanol–water partition coefficient (Wildman–Crippen LogP) is 4.29. The van der Waals surface area contributed by atoms with Crippen LogP contribution in [0.25, 0.3) is 0 Å². The van der Waals surface area contributed by atoms with Gasteiger partial charge in [-0.2, -0.15) is 8.78 Å². The molecule has 2 aromatic carbocycles. The molecule has 0 saturated carbocycles. The fraction of sp³-hybridized carbons (Fsp3) is 0.350. The zero-order valence-electron chi connectivity index (χ0n) is 15.4. The van der Waals surface area contributed by atoms with Crippen LogP contribution in [0.5, 0.6) is 0 Å². The van der Waals surface area contributed by atoms with Gasteiger partial charge in [-0.15, -0.1) is 0 Å². The van der Waals surface area contributed by atoms with Crippen LogP contribution in [0.15, 0.2) is 53.4 Å². The molecule has 150 valence electrons. The van der Waals surface area contributed by atoms with E-state index in [-0.39, 0.29) is 17.8 Å². The minimum absolute atomic E-state index is 0.135. The molecule has 1 saturated heterocycles. The van der Waals surface area contributed by atoms with Crippen molar-refractivity contribution in [2.24, 2.45) is 0 Å². The number of rotatable bonds is 6. The highest BCUT2D eigenvalue weighted by Gasteiger charge is 2.25. The van der Waals surface area contributed by atoms with Gasteiger partial charge in [-0.3, -0.25) is 9.69 Å². The lowest BCUT2D eigenvalue weighted by atomic mass is 10.2. The van der Waals surface area contributed by atoms with Crippen molar-refractivity contribution >= 4 is 29.0 Å². The fourth-order valence-corrected chi connectivity index (χ4v) is 3.65. The van der Waals surface area contributed by atoms with E-state index >= 15 is 0 Å². The standard InChI is InChI=1S/C20H22F3N3OS/c1-14(19(27)24-16-4-8-18(9-5-16)28-20(22)23)25-10-12-26(13-11-25)17-6-2-15(21)3-7-17/h2-9,14,20H,10-13H2,1H3,(H,24,27)/t14-/m1/s1. The zero-order chi connectivity index (χ0) is 20.1. The van der Waals surface area contributed by atoms with Crippen LogP contribution in [0, 0.1) is 5.82 Å². The molecule has 3 rings (SSSR count). The van der Waals surface area contributed by atoms with E-state index in [2.05, 4.69) is 15.1 Å². The molecule has 0 spiro atoms. The molecule has 0 aliphatic carbocycles. The normalized spacial score (nSPS) is 16.2. The van der Waals surface area contributed by atoms with Crippen molar-refractivity contribution in [1.82, 2.24) is 4.90 Å². The average Bonchev–Trinajstić information content (AvgIpc) is 2.69. The van der Waals surface area contributed by atoms with E-state index in [0.29, 0.717) is 22.3 Å². The molecular weight excluding hydrogens is 387 g/mol. The van der Waals surface area contributed by atoms with Crippen molar-refractivity contribution in [1.29, 1.82) is 0 Å². The van der Waals surface area contributed by atoms with Gasteiger partial charge >= 0.3 is 0 Å². The van der Waals surface area contributed by atoms with E-state index in [0.717, 1.165) is 31.9 Å². The second-order valence-corrected chi connectivity index (χ2v) is 7.63. The van der Waals surface area contributed by atoms with E-state index in [4.69, 9.17) is 0 Å². The second kappa shape index (κ2) is 9.34. The molecule has 1 atom stereocenters. The molecule has 0 radical (unpaired) electrons. The van der Waals surface area contributed by atoms with Crippen LogP contribution in [0.2, 0.25) is 0 Å². The first kappa shape index (κ1) is 20.5. The molecule has 1 amide bonds. The summed E-state index contributed by atoms with van der Waals surface area (Å²) in [6, 6.07) is 12.5. The van der Waals surface area contributed by atoms with Crippen molar-refractivity contribution in [3.8, 4) is 0 Å². The molecular formula is C20H22F3N3OS. The van der Waals surface area contributed by atoms with Gasteiger partial charge in [0, 0.05) is 42.4 Å². The lowest BCUT2D eigenvalue weighted by Crippen LogP contribution is -2.52. The maximum Gasteiger partial charge on any atom is 0.288 e. The summed E-state index contributed by atoms with van der Waals surface area (Å²) in [7, 11) is 0. The summed E-state index contributed by atoms with van der Waals surface area (Å²) in [5.41, 5.74) is 1.56.